The molecule has 2 N–H and O–H groups in total. The molecule has 1 aromatic rings. The molecular formula is C27H40N2O3. The highest BCUT2D eigenvalue weighted by Crippen LogP contribution is 2.31. The summed E-state index contributed by atoms with van der Waals surface area (Å²) in [5.41, 5.74) is 0.698. The lowest BCUT2D eigenvalue weighted by molar-refractivity contribution is -0.123. The van der Waals surface area contributed by atoms with Gasteiger partial charge in [-0.2, -0.15) is 0 Å². The van der Waals surface area contributed by atoms with Crippen LogP contribution in [0.1, 0.15) is 88.4 Å². The van der Waals surface area contributed by atoms with Crippen LogP contribution in [0.5, 0.6) is 5.75 Å². The zero-order valence-electron chi connectivity index (χ0n) is 19.8. The Bertz CT molecular complexity index is 749. The Balaban J connectivity index is 0.000000913. The number of allylic oxidation sites excluding steroid dienone is 1. The first kappa shape index (κ1) is 24.3. The molecule has 5 heteroatoms. The summed E-state index contributed by atoms with van der Waals surface area (Å²) in [6.07, 6.45) is 12.5. The van der Waals surface area contributed by atoms with E-state index in [4.69, 9.17) is 4.74 Å². The normalized spacial score (nSPS) is 26.9. The summed E-state index contributed by atoms with van der Waals surface area (Å²) < 4.78 is 6.12. The minimum atomic E-state index is 0.0187. The average Bonchev–Trinajstić information content (AvgIpc) is 3.56. The molecule has 0 aliphatic heterocycles. The number of benzene rings is 1. The summed E-state index contributed by atoms with van der Waals surface area (Å²) >= 11 is 0. The first-order valence-electron chi connectivity index (χ1n) is 12.5. The molecule has 2 atom stereocenters. The summed E-state index contributed by atoms with van der Waals surface area (Å²) in [4.78, 5) is 24.4. The van der Waals surface area contributed by atoms with Crippen molar-refractivity contribution in [2.75, 3.05) is 0 Å². The van der Waals surface area contributed by atoms with Crippen LogP contribution in [0.15, 0.2) is 36.9 Å². The van der Waals surface area contributed by atoms with Gasteiger partial charge < -0.3 is 15.4 Å². The van der Waals surface area contributed by atoms with Gasteiger partial charge in [0.25, 0.3) is 5.91 Å². The molecule has 0 saturated heterocycles. The number of rotatable bonds is 7. The van der Waals surface area contributed by atoms with Crippen molar-refractivity contribution >= 4 is 11.8 Å². The van der Waals surface area contributed by atoms with Gasteiger partial charge in [0, 0.05) is 23.6 Å². The van der Waals surface area contributed by atoms with Crippen LogP contribution >= 0.6 is 0 Å². The fraction of sp³-hybridized carbons (Fsp3) is 0.630. The topological polar surface area (TPSA) is 67.4 Å². The SMILES string of the molecule is C=CC.CCC1CCC(NC(=O)c2ccc(OC3CCC(NC(=O)C4CC4)CC3)cc2)C1. The lowest BCUT2D eigenvalue weighted by Crippen LogP contribution is -2.40. The van der Waals surface area contributed by atoms with Crippen LogP contribution in [0.4, 0.5) is 0 Å². The monoisotopic (exact) mass is 440 g/mol. The van der Waals surface area contributed by atoms with Crippen LogP contribution in [0.25, 0.3) is 0 Å². The Morgan fingerprint density at radius 3 is 2.16 bits per heavy atom. The largest absolute Gasteiger partial charge is 0.490 e. The van der Waals surface area contributed by atoms with E-state index in [1.165, 1.54) is 12.8 Å². The maximum absolute atomic E-state index is 12.5. The third-order valence-electron chi connectivity index (χ3n) is 6.84. The zero-order chi connectivity index (χ0) is 22.9. The van der Waals surface area contributed by atoms with Crippen LogP contribution in [0.2, 0.25) is 0 Å². The smallest absolute Gasteiger partial charge is 0.251 e. The van der Waals surface area contributed by atoms with Gasteiger partial charge in [0.1, 0.15) is 5.75 Å². The van der Waals surface area contributed by atoms with Gasteiger partial charge in [-0.1, -0.05) is 19.4 Å². The van der Waals surface area contributed by atoms with Gasteiger partial charge in [0.15, 0.2) is 0 Å². The Hall–Kier alpha value is -2.30. The molecule has 0 radical (unpaired) electrons. The molecule has 0 bridgehead atoms. The van der Waals surface area contributed by atoms with E-state index in [0.717, 1.165) is 63.0 Å². The van der Waals surface area contributed by atoms with E-state index >= 15 is 0 Å². The van der Waals surface area contributed by atoms with Crippen LogP contribution < -0.4 is 15.4 Å². The minimum absolute atomic E-state index is 0.0187. The molecular weight excluding hydrogens is 400 g/mol. The third-order valence-corrected chi connectivity index (χ3v) is 6.84. The molecule has 3 aliphatic rings. The zero-order valence-corrected chi connectivity index (χ0v) is 19.8. The summed E-state index contributed by atoms with van der Waals surface area (Å²) in [5, 5.41) is 6.36. The highest BCUT2D eigenvalue weighted by atomic mass is 16.5. The molecule has 2 amide bonds. The lowest BCUT2D eigenvalue weighted by atomic mass is 9.92. The van der Waals surface area contributed by atoms with Gasteiger partial charge >= 0.3 is 0 Å². The Labute approximate surface area is 193 Å². The van der Waals surface area contributed by atoms with E-state index in [2.05, 4.69) is 24.1 Å². The van der Waals surface area contributed by atoms with Gasteiger partial charge in [0.2, 0.25) is 5.91 Å². The Morgan fingerprint density at radius 1 is 0.969 bits per heavy atom. The van der Waals surface area contributed by atoms with Crippen molar-refractivity contribution in [1.29, 1.82) is 0 Å². The predicted octanol–water partition coefficient (Wildman–Crippen LogP) is 5.40. The molecule has 0 spiro atoms. The van der Waals surface area contributed by atoms with Crippen molar-refractivity contribution in [1.82, 2.24) is 10.6 Å². The Kier molecular flexibility index (Phi) is 9.19. The minimum Gasteiger partial charge on any atom is -0.490 e. The van der Waals surface area contributed by atoms with E-state index in [1.54, 1.807) is 6.08 Å². The van der Waals surface area contributed by atoms with Crippen LogP contribution in [0, 0.1) is 11.8 Å². The van der Waals surface area contributed by atoms with Crippen molar-refractivity contribution < 1.29 is 14.3 Å². The van der Waals surface area contributed by atoms with Crippen molar-refractivity contribution in [3.8, 4) is 5.75 Å². The van der Waals surface area contributed by atoms with Crippen LogP contribution in [-0.2, 0) is 4.79 Å². The van der Waals surface area contributed by atoms with Crippen molar-refractivity contribution in [3.63, 3.8) is 0 Å². The number of carbonyl (C=O) groups excluding carboxylic acids is 2. The van der Waals surface area contributed by atoms with Gasteiger partial charge in [0.05, 0.1) is 6.10 Å². The van der Waals surface area contributed by atoms with E-state index in [0.29, 0.717) is 17.6 Å². The number of carbonyl (C=O) groups is 2. The Morgan fingerprint density at radius 2 is 1.59 bits per heavy atom. The first-order valence-corrected chi connectivity index (χ1v) is 12.5. The average molecular weight is 441 g/mol. The number of hydrogen-bond donors (Lipinski definition) is 2. The molecule has 2 unspecified atom stereocenters. The summed E-state index contributed by atoms with van der Waals surface area (Å²) in [6.45, 7) is 7.48. The molecule has 176 valence electrons. The summed E-state index contributed by atoms with van der Waals surface area (Å²) in [7, 11) is 0. The molecule has 3 saturated carbocycles. The fourth-order valence-electron chi connectivity index (χ4n) is 4.71. The maximum atomic E-state index is 12.5. The molecule has 0 aromatic heterocycles. The molecule has 32 heavy (non-hydrogen) atoms. The van der Waals surface area contributed by atoms with E-state index in [1.807, 2.05) is 31.2 Å². The summed E-state index contributed by atoms with van der Waals surface area (Å²) in [6, 6.07) is 8.14. The molecule has 3 fully saturated rings. The standard InChI is InChI=1S/C24H34N2O3.C3H6/c1-2-16-3-8-20(15-16)26-24(28)18-6-11-21(12-7-18)29-22-13-9-19(10-14-22)25-23(27)17-4-5-17;1-3-2/h6-7,11-12,16-17,19-20,22H,2-5,8-10,13-15H2,1H3,(H,25,27)(H,26,28);3H,1H2,2H3. The molecule has 0 heterocycles. The predicted molar refractivity (Wildman–Crippen MR) is 129 cm³/mol. The number of amides is 2. The second kappa shape index (κ2) is 12.1. The quantitative estimate of drug-likeness (QED) is 0.558. The fourth-order valence-corrected chi connectivity index (χ4v) is 4.71. The van der Waals surface area contributed by atoms with Crippen molar-refractivity contribution in [3.05, 3.63) is 42.5 Å². The molecule has 1 aromatic carbocycles. The molecule has 4 rings (SSSR count). The second-order valence-corrected chi connectivity index (χ2v) is 9.56. The molecule has 5 nitrogen and oxygen atoms in total. The lowest BCUT2D eigenvalue weighted by Gasteiger charge is -2.29. The highest BCUT2D eigenvalue weighted by Gasteiger charge is 2.32. The maximum Gasteiger partial charge on any atom is 0.251 e. The van der Waals surface area contributed by atoms with Gasteiger partial charge in [-0.3, -0.25) is 9.59 Å². The second-order valence-electron chi connectivity index (χ2n) is 9.56. The first-order chi connectivity index (χ1) is 15.5. The van der Waals surface area contributed by atoms with Crippen molar-refractivity contribution in [2.45, 2.75) is 96.2 Å². The molecule has 3 aliphatic carbocycles. The van der Waals surface area contributed by atoms with Crippen molar-refractivity contribution in [2.24, 2.45) is 11.8 Å². The number of ether oxygens (including phenoxy) is 1. The van der Waals surface area contributed by atoms with Crippen LogP contribution in [0.3, 0.4) is 0 Å². The van der Waals surface area contributed by atoms with E-state index < -0.39 is 0 Å². The highest BCUT2D eigenvalue weighted by molar-refractivity contribution is 5.94. The number of hydrogen-bond acceptors (Lipinski definition) is 3. The van der Waals surface area contributed by atoms with Crippen LogP contribution in [-0.4, -0.2) is 30.0 Å². The number of nitrogens with one attached hydrogen (secondary N) is 2. The van der Waals surface area contributed by atoms with E-state index in [9.17, 15) is 9.59 Å². The summed E-state index contributed by atoms with van der Waals surface area (Å²) in [5.74, 6) is 2.12. The van der Waals surface area contributed by atoms with Gasteiger partial charge in [-0.15, -0.1) is 6.58 Å². The van der Waals surface area contributed by atoms with E-state index in [-0.39, 0.29) is 23.8 Å². The van der Waals surface area contributed by atoms with Gasteiger partial charge in [-0.25, -0.2) is 0 Å². The third kappa shape index (κ3) is 7.39. The van der Waals surface area contributed by atoms with Gasteiger partial charge in [-0.05, 0) is 94.9 Å².